The van der Waals surface area contributed by atoms with Crippen LogP contribution < -0.4 is 20.3 Å². The van der Waals surface area contributed by atoms with Crippen molar-refractivity contribution in [1.29, 1.82) is 0 Å². The molecule has 3 rings (SSSR count). The molecule has 0 unspecified atom stereocenters. The number of carbonyl (C=O) groups is 2. The van der Waals surface area contributed by atoms with Gasteiger partial charge in [0.1, 0.15) is 5.75 Å². The van der Waals surface area contributed by atoms with E-state index < -0.39 is 0 Å². The predicted octanol–water partition coefficient (Wildman–Crippen LogP) is 3.57. The molecule has 3 amide bonds. The summed E-state index contributed by atoms with van der Waals surface area (Å²) in [5.74, 6) is 0.955. The summed E-state index contributed by atoms with van der Waals surface area (Å²) < 4.78 is 5.43. The molecule has 0 aliphatic carbocycles. The van der Waals surface area contributed by atoms with E-state index in [2.05, 4.69) is 10.6 Å². The van der Waals surface area contributed by atoms with Crippen LogP contribution in [-0.2, 0) is 4.79 Å². The fraction of sp³-hybridized carbons (Fsp3) is 0.333. The minimum Gasteiger partial charge on any atom is -0.494 e. The van der Waals surface area contributed by atoms with Gasteiger partial charge in [-0.2, -0.15) is 0 Å². The van der Waals surface area contributed by atoms with Crippen LogP contribution in [0.3, 0.4) is 0 Å². The molecule has 2 aromatic carbocycles. The van der Waals surface area contributed by atoms with Gasteiger partial charge in [0.05, 0.1) is 6.61 Å². The van der Waals surface area contributed by atoms with E-state index >= 15 is 0 Å². The third kappa shape index (κ3) is 5.00. The van der Waals surface area contributed by atoms with Gasteiger partial charge in [-0.15, -0.1) is 0 Å². The van der Waals surface area contributed by atoms with Gasteiger partial charge >= 0.3 is 6.03 Å². The average molecular weight is 367 g/mol. The van der Waals surface area contributed by atoms with Crippen LogP contribution in [0.5, 0.6) is 5.75 Å². The van der Waals surface area contributed by atoms with E-state index in [1.807, 2.05) is 62.4 Å². The number of hydrogen-bond donors (Lipinski definition) is 2. The number of nitrogens with one attached hydrogen (secondary N) is 2. The summed E-state index contributed by atoms with van der Waals surface area (Å²) in [4.78, 5) is 26.1. The third-order valence-electron chi connectivity index (χ3n) is 4.53. The summed E-state index contributed by atoms with van der Waals surface area (Å²) in [7, 11) is 0. The van der Waals surface area contributed by atoms with Gasteiger partial charge in [0.25, 0.3) is 0 Å². The number of nitrogens with zero attached hydrogens (tertiary/aromatic N) is 1. The van der Waals surface area contributed by atoms with Gasteiger partial charge in [0.2, 0.25) is 5.91 Å². The molecule has 0 radical (unpaired) electrons. The number of anilines is 2. The molecule has 0 spiro atoms. The van der Waals surface area contributed by atoms with Gasteiger partial charge in [0, 0.05) is 36.8 Å². The molecular weight excluding hydrogens is 342 g/mol. The highest BCUT2D eigenvalue weighted by molar-refractivity contribution is 5.96. The Labute approximate surface area is 159 Å². The van der Waals surface area contributed by atoms with Crippen LogP contribution in [-0.4, -0.2) is 31.6 Å². The van der Waals surface area contributed by atoms with Gasteiger partial charge in [0.15, 0.2) is 0 Å². The number of benzene rings is 2. The Balaban J connectivity index is 1.50. The van der Waals surface area contributed by atoms with Gasteiger partial charge in [-0.05, 0) is 50.2 Å². The quantitative estimate of drug-likeness (QED) is 0.820. The minimum absolute atomic E-state index is 0.0740. The lowest BCUT2D eigenvalue weighted by molar-refractivity contribution is -0.117. The molecule has 142 valence electrons. The molecule has 2 aromatic rings. The van der Waals surface area contributed by atoms with Gasteiger partial charge in [-0.3, -0.25) is 4.79 Å². The molecule has 0 aromatic heterocycles. The van der Waals surface area contributed by atoms with Gasteiger partial charge in [-0.1, -0.05) is 17.7 Å². The van der Waals surface area contributed by atoms with Crippen molar-refractivity contribution >= 4 is 23.3 Å². The van der Waals surface area contributed by atoms with E-state index in [-0.39, 0.29) is 17.9 Å². The lowest BCUT2D eigenvalue weighted by Gasteiger charge is -2.17. The number of ether oxygens (including phenoxy) is 1. The summed E-state index contributed by atoms with van der Waals surface area (Å²) in [6.45, 7) is 5.59. The highest BCUT2D eigenvalue weighted by atomic mass is 16.5. The first-order valence-electron chi connectivity index (χ1n) is 9.20. The summed E-state index contributed by atoms with van der Waals surface area (Å²) in [6.07, 6.45) is 0.429. The Morgan fingerprint density at radius 1 is 1.15 bits per heavy atom. The maximum absolute atomic E-state index is 12.3. The highest BCUT2D eigenvalue weighted by Gasteiger charge is 2.30. The maximum atomic E-state index is 12.3. The van der Waals surface area contributed by atoms with Crippen molar-refractivity contribution in [3.05, 3.63) is 54.1 Å². The van der Waals surface area contributed by atoms with Gasteiger partial charge in [-0.25, -0.2) is 4.79 Å². The molecule has 6 nitrogen and oxygen atoms in total. The largest absolute Gasteiger partial charge is 0.494 e. The molecule has 6 heteroatoms. The molecule has 1 saturated heterocycles. The van der Waals surface area contributed by atoms with Crippen molar-refractivity contribution in [3.63, 3.8) is 0 Å². The first kappa shape index (κ1) is 18.8. The number of aryl methyl sites for hydroxylation is 1. The number of urea groups is 1. The normalized spacial score (nSPS) is 16.3. The van der Waals surface area contributed by atoms with Gasteiger partial charge < -0.3 is 20.3 Å². The minimum atomic E-state index is -0.259. The zero-order valence-corrected chi connectivity index (χ0v) is 15.7. The molecule has 1 aliphatic rings. The Morgan fingerprint density at radius 2 is 1.85 bits per heavy atom. The fourth-order valence-electron chi connectivity index (χ4n) is 3.11. The number of amides is 3. The number of hydrogen-bond acceptors (Lipinski definition) is 3. The highest BCUT2D eigenvalue weighted by Crippen LogP contribution is 2.26. The SMILES string of the molecule is CCOc1ccc(N2C[C@@H](CNC(=O)Nc3ccc(C)cc3)CC2=O)cc1. The smallest absolute Gasteiger partial charge is 0.319 e. The second-order valence-electron chi connectivity index (χ2n) is 6.70. The van der Waals surface area contributed by atoms with Crippen molar-refractivity contribution in [2.24, 2.45) is 5.92 Å². The molecule has 1 heterocycles. The van der Waals surface area contributed by atoms with Crippen LogP contribution in [0.2, 0.25) is 0 Å². The number of rotatable bonds is 6. The van der Waals surface area contributed by atoms with Crippen molar-refractivity contribution in [1.82, 2.24) is 5.32 Å². The van der Waals surface area contributed by atoms with Crippen molar-refractivity contribution in [2.45, 2.75) is 20.3 Å². The monoisotopic (exact) mass is 367 g/mol. The Bertz CT molecular complexity index is 787. The van der Waals surface area contributed by atoms with Crippen LogP contribution in [0.15, 0.2) is 48.5 Å². The lowest BCUT2D eigenvalue weighted by Crippen LogP contribution is -2.34. The van der Waals surface area contributed by atoms with Crippen LogP contribution in [0, 0.1) is 12.8 Å². The Hall–Kier alpha value is -3.02. The van der Waals surface area contributed by atoms with Crippen LogP contribution >= 0.6 is 0 Å². The van der Waals surface area contributed by atoms with Crippen LogP contribution in [0.1, 0.15) is 18.9 Å². The summed E-state index contributed by atoms with van der Waals surface area (Å²) in [5, 5.41) is 5.66. The summed E-state index contributed by atoms with van der Waals surface area (Å²) in [5.41, 5.74) is 2.74. The van der Waals surface area contributed by atoms with Crippen molar-refractivity contribution < 1.29 is 14.3 Å². The standard InChI is InChI=1S/C21H25N3O3/c1-3-27-19-10-8-18(9-11-19)24-14-16(12-20(24)25)13-22-21(26)23-17-6-4-15(2)5-7-17/h4-11,16H,3,12-14H2,1-2H3,(H2,22,23,26)/t16-/m1/s1. The first-order valence-corrected chi connectivity index (χ1v) is 9.20. The molecule has 27 heavy (non-hydrogen) atoms. The zero-order valence-electron chi connectivity index (χ0n) is 15.7. The topological polar surface area (TPSA) is 70.7 Å². The summed E-state index contributed by atoms with van der Waals surface area (Å²) in [6, 6.07) is 14.9. The Morgan fingerprint density at radius 3 is 2.52 bits per heavy atom. The molecule has 0 bridgehead atoms. The van der Waals surface area contributed by atoms with E-state index in [4.69, 9.17) is 4.74 Å². The van der Waals surface area contributed by atoms with E-state index in [1.165, 1.54) is 0 Å². The van der Waals surface area contributed by atoms with E-state index in [0.717, 1.165) is 22.7 Å². The molecule has 1 fully saturated rings. The molecule has 1 aliphatic heterocycles. The predicted molar refractivity (Wildman–Crippen MR) is 106 cm³/mol. The zero-order chi connectivity index (χ0) is 19.2. The first-order chi connectivity index (χ1) is 13.0. The van der Waals surface area contributed by atoms with E-state index in [1.54, 1.807) is 4.90 Å². The van der Waals surface area contributed by atoms with Crippen molar-refractivity contribution in [2.75, 3.05) is 29.9 Å². The second kappa shape index (κ2) is 8.58. The van der Waals surface area contributed by atoms with E-state index in [9.17, 15) is 9.59 Å². The number of carbonyl (C=O) groups excluding carboxylic acids is 2. The van der Waals surface area contributed by atoms with E-state index in [0.29, 0.717) is 26.1 Å². The lowest BCUT2D eigenvalue weighted by atomic mass is 10.1. The maximum Gasteiger partial charge on any atom is 0.319 e. The molecular formula is C21H25N3O3. The second-order valence-corrected chi connectivity index (χ2v) is 6.70. The van der Waals surface area contributed by atoms with Crippen LogP contribution in [0.4, 0.5) is 16.2 Å². The average Bonchev–Trinajstić information content (AvgIpc) is 3.04. The fourth-order valence-corrected chi connectivity index (χ4v) is 3.11. The molecule has 0 saturated carbocycles. The Kier molecular flexibility index (Phi) is 5.96. The molecule has 1 atom stereocenters. The van der Waals surface area contributed by atoms with Crippen LogP contribution in [0.25, 0.3) is 0 Å². The third-order valence-corrected chi connectivity index (χ3v) is 4.53. The summed E-state index contributed by atoms with van der Waals surface area (Å²) >= 11 is 0. The van der Waals surface area contributed by atoms with Crippen molar-refractivity contribution in [3.8, 4) is 5.75 Å². The molecule has 2 N–H and O–H groups in total.